The number of rotatable bonds is 3. The van der Waals surface area contributed by atoms with Gasteiger partial charge in [0.25, 0.3) is 5.89 Å². The first kappa shape index (κ1) is 12.2. The van der Waals surface area contributed by atoms with Gasteiger partial charge in [-0.15, -0.1) is 16.4 Å². The second kappa shape index (κ2) is 4.78. The van der Waals surface area contributed by atoms with Crippen molar-refractivity contribution in [3.63, 3.8) is 0 Å². The van der Waals surface area contributed by atoms with E-state index in [9.17, 15) is 0 Å². The van der Waals surface area contributed by atoms with Crippen LogP contribution in [-0.2, 0) is 6.54 Å². The molecule has 6 nitrogen and oxygen atoms in total. The second-order valence-corrected chi connectivity index (χ2v) is 5.46. The lowest BCUT2D eigenvalue weighted by atomic mass is 10.2. The number of hydrogen-bond donors (Lipinski definition) is 0. The summed E-state index contributed by atoms with van der Waals surface area (Å²) in [5, 5.41) is 14.3. The third-order valence-corrected chi connectivity index (χ3v) is 4.09. The Morgan fingerprint density at radius 3 is 3.05 bits per heavy atom. The Labute approximate surface area is 124 Å². The van der Waals surface area contributed by atoms with Crippen molar-refractivity contribution in [2.24, 2.45) is 0 Å². The van der Waals surface area contributed by atoms with Gasteiger partial charge in [0.05, 0.1) is 10.4 Å². The molecule has 0 bridgehead atoms. The molecule has 3 heterocycles. The summed E-state index contributed by atoms with van der Waals surface area (Å²) >= 11 is 1.57. The van der Waals surface area contributed by atoms with Gasteiger partial charge in [-0.25, -0.2) is 4.68 Å². The summed E-state index contributed by atoms with van der Waals surface area (Å²) in [6, 6.07) is 9.78. The lowest BCUT2D eigenvalue weighted by Crippen LogP contribution is -1.95. The third kappa shape index (κ3) is 2.02. The van der Waals surface area contributed by atoms with Gasteiger partial charge in [-0.05, 0) is 36.6 Å². The van der Waals surface area contributed by atoms with Crippen LogP contribution in [0.1, 0.15) is 6.92 Å². The lowest BCUT2D eigenvalue weighted by Gasteiger charge is -1.97. The maximum atomic E-state index is 5.31. The van der Waals surface area contributed by atoms with E-state index in [1.807, 2.05) is 47.3 Å². The van der Waals surface area contributed by atoms with Crippen LogP contribution < -0.4 is 0 Å². The van der Waals surface area contributed by atoms with Crippen molar-refractivity contribution in [1.29, 1.82) is 0 Å². The van der Waals surface area contributed by atoms with E-state index < -0.39 is 0 Å². The normalized spacial score (nSPS) is 11.3. The fourth-order valence-corrected chi connectivity index (χ4v) is 2.83. The standard InChI is InChI=1S/C14H11N5OS/c1-2-19-11-6-5-9(8-10(11)16-18-19)13-15-14(20-17-13)12-4-3-7-21-12/h3-8H,2H2,1H3. The highest BCUT2D eigenvalue weighted by molar-refractivity contribution is 7.13. The smallest absolute Gasteiger partial charge is 0.268 e. The average Bonchev–Trinajstić information content (AvgIpc) is 3.25. The van der Waals surface area contributed by atoms with E-state index in [4.69, 9.17) is 4.52 Å². The maximum Gasteiger partial charge on any atom is 0.268 e. The number of hydrogen-bond acceptors (Lipinski definition) is 6. The van der Waals surface area contributed by atoms with E-state index >= 15 is 0 Å². The van der Waals surface area contributed by atoms with E-state index in [2.05, 4.69) is 20.5 Å². The monoisotopic (exact) mass is 297 g/mol. The summed E-state index contributed by atoms with van der Waals surface area (Å²) in [6.07, 6.45) is 0. The van der Waals surface area contributed by atoms with Crippen molar-refractivity contribution < 1.29 is 4.52 Å². The fraction of sp³-hybridized carbons (Fsp3) is 0.143. The predicted molar refractivity (Wildman–Crippen MR) is 79.8 cm³/mol. The summed E-state index contributed by atoms with van der Waals surface area (Å²) in [7, 11) is 0. The minimum Gasteiger partial charge on any atom is -0.333 e. The molecule has 1 aromatic carbocycles. The molecule has 0 N–H and O–H groups in total. The van der Waals surface area contributed by atoms with Gasteiger partial charge >= 0.3 is 0 Å². The third-order valence-electron chi connectivity index (χ3n) is 3.23. The van der Waals surface area contributed by atoms with E-state index in [1.165, 1.54) is 0 Å². The second-order valence-electron chi connectivity index (χ2n) is 4.51. The molecule has 7 heteroatoms. The van der Waals surface area contributed by atoms with Crippen LogP contribution in [0.5, 0.6) is 0 Å². The van der Waals surface area contributed by atoms with Gasteiger partial charge in [-0.3, -0.25) is 0 Å². The Hall–Kier alpha value is -2.54. The SMILES string of the molecule is CCn1nnc2cc(-c3noc(-c4cccs4)n3)ccc21. The predicted octanol–water partition coefficient (Wildman–Crippen LogP) is 3.23. The van der Waals surface area contributed by atoms with E-state index in [-0.39, 0.29) is 0 Å². The molecule has 0 saturated heterocycles. The van der Waals surface area contributed by atoms with Gasteiger partial charge in [0, 0.05) is 12.1 Å². The van der Waals surface area contributed by atoms with Crippen molar-refractivity contribution >= 4 is 22.4 Å². The first-order valence-electron chi connectivity index (χ1n) is 6.56. The molecule has 0 spiro atoms. The first-order chi connectivity index (χ1) is 10.3. The largest absolute Gasteiger partial charge is 0.333 e. The number of benzene rings is 1. The van der Waals surface area contributed by atoms with Crippen molar-refractivity contribution in [3.8, 4) is 22.2 Å². The Morgan fingerprint density at radius 1 is 1.29 bits per heavy atom. The number of aryl methyl sites for hydroxylation is 1. The number of fused-ring (bicyclic) bond motifs is 1. The molecule has 0 saturated carbocycles. The van der Waals surface area contributed by atoms with Gasteiger partial charge in [0.1, 0.15) is 5.52 Å². The van der Waals surface area contributed by atoms with Gasteiger partial charge in [0.2, 0.25) is 5.82 Å². The zero-order chi connectivity index (χ0) is 14.2. The Balaban J connectivity index is 1.76. The summed E-state index contributed by atoms with van der Waals surface area (Å²) in [4.78, 5) is 5.40. The molecule has 0 aliphatic carbocycles. The molecule has 0 aliphatic rings. The lowest BCUT2D eigenvalue weighted by molar-refractivity contribution is 0.433. The highest BCUT2D eigenvalue weighted by Gasteiger charge is 2.13. The van der Waals surface area contributed by atoms with Gasteiger partial charge in [0.15, 0.2) is 0 Å². The molecule has 4 rings (SSSR count). The van der Waals surface area contributed by atoms with Crippen LogP contribution in [0, 0.1) is 0 Å². The molecule has 4 aromatic rings. The molecule has 0 aliphatic heterocycles. The fourth-order valence-electron chi connectivity index (χ4n) is 2.19. The molecular formula is C14H11N5OS. The van der Waals surface area contributed by atoms with Crippen LogP contribution in [-0.4, -0.2) is 25.1 Å². The van der Waals surface area contributed by atoms with Crippen molar-refractivity contribution in [1.82, 2.24) is 25.1 Å². The molecule has 0 amide bonds. The van der Waals surface area contributed by atoms with E-state index in [1.54, 1.807) is 11.3 Å². The summed E-state index contributed by atoms with van der Waals surface area (Å²) in [6.45, 7) is 2.83. The van der Waals surface area contributed by atoms with Crippen LogP contribution in [0.15, 0.2) is 40.2 Å². The highest BCUT2D eigenvalue weighted by atomic mass is 32.1. The highest BCUT2D eigenvalue weighted by Crippen LogP contribution is 2.26. The average molecular weight is 297 g/mol. The molecule has 0 atom stereocenters. The first-order valence-corrected chi connectivity index (χ1v) is 7.44. The van der Waals surface area contributed by atoms with Crippen molar-refractivity contribution in [2.45, 2.75) is 13.5 Å². The van der Waals surface area contributed by atoms with Crippen molar-refractivity contribution in [3.05, 3.63) is 35.7 Å². The van der Waals surface area contributed by atoms with Crippen LogP contribution in [0.2, 0.25) is 0 Å². The Morgan fingerprint density at radius 2 is 2.24 bits per heavy atom. The van der Waals surface area contributed by atoms with Crippen LogP contribution in [0.4, 0.5) is 0 Å². The zero-order valence-corrected chi connectivity index (χ0v) is 12.0. The molecule has 0 unspecified atom stereocenters. The van der Waals surface area contributed by atoms with Crippen LogP contribution >= 0.6 is 11.3 Å². The number of nitrogens with zero attached hydrogens (tertiary/aromatic N) is 5. The molecule has 3 aromatic heterocycles. The topological polar surface area (TPSA) is 69.6 Å². The van der Waals surface area contributed by atoms with Crippen LogP contribution in [0.25, 0.3) is 33.2 Å². The number of thiophene rings is 1. The molecular weight excluding hydrogens is 286 g/mol. The quantitative estimate of drug-likeness (QED) is 0.580. The summed E-state index contributed by atoms with van der Waals surface area (Å²) in [5.74, 6) is 1.10. The molecule has 0 fully saturated rings. The number of aromatic nitrogens is 5. The van der Waals surface area contributed by atoms with Crippen LogP contribution in [0.3, 0.4) is 0 Å². The van der Waals surface area contributed by atoms with E-state index in [0.717, 1.165) is 28.0 Å². The zero-order valence-electron chi connectivity index (χ0n) is 11.2. The van der Waals surface area contributed by atoms with E-state index in [0.29, 0.717) is 11.7 Å². The Bertz CT molecular complexity index is 893. The maximum absolute atomic E-state index is 5.31. The van der Waals surface area contributed by atoms with Gasteiger partial charge in [-0.1, -0.05) is 16.4 Å². The summed E-state index contributed by atoms with van der Waals surface area (Å²) < 4.78 is 7.16. The van der Waals surface area contributed by atoms with Gasteiger partial charge < -0.3 is 4.52 Å². The molecule has 0 radical (unpaired) electrons. The van der Waals surface area contributed by atoms with Crippen molar-refractivity contribution in [2.75, 3.05) is 0 Å². The molecule has 21 heavy (non-hydrogen) atoms. The minimum absolute atomic E-state index is 0.539. The minimum atomic E-state index is 0.539. The molecule has 104 valence electrons. The Kier molecular flexibility index (Phi) is 2.78. The summed E-state index contributed by atoms with van der Waals surface area (Å²) in [5.41, 5.74) is 2.71. The van der Waals surface area contributed by atoms with Gasteiger partial charge in [-0.2, -0.15) is 4.98 Å².